The van der Waals surface area contributed by atoms with Crippen LogP contribution in [0.2, 0.25) is 0 Å². The Bertz CT molecular complexity index is 439. The number of hydrogen-bond acceptors (Lipinski definition) is 3. The number of carbonyl (C=O) groups is 1. The molecule has 0 bridgehead atoms. The molecule has 0 fully saturated rings. The van der Waals surface area contributed by atoms with Crippen LogP contribution in [0.25, 0.3) is 0 Å². The highest BCUT2D eigenvalue weighted by atomic mass is 19.1. The second-order valence-corrected chi connectivity index (χ2v) is 4.17. The number of unbranched alkanes of at least 4 members (excludes halogenated alkanes) is 2. The number of ether oxygens (including phenoxy) is 1. The summed E-state index contributed by atoms with van der Waals surface area (Å²) < 4.78 is 31.5. The number of nitrogen functional groups attached to an aromatic ring is 1. The molecule has 0 saturated heterocycles. The smallest absolute Gasteiger partial charge is 0.254 e. The van der Waals surface area contributed by atoms with Crippen molar-refractivity contribution in [3.8, 4) is 0 Å². The van der Waals surface area contributed by atoms with Crippen LogP contribution < -0.4 is 11.1 Å². The maximum Gasteiger partial charge on any atom is 0.254 e. The second-order valence-electron chi connectivity index (χ2n) is 4.17. The van der Waals surface area contributed by atoms with Crippen LogP contribution in [0.5, 0.6) is 0 Å². The monoisotopic (exact) mass is 272 g/mol. The number of amides is 1. The SMILES string of the molecule is COCCCCCNC(=O)c1cc(F)cc(N)c1F. The van der Waals surface area contributed by atoms with Gasteiger partial charge in [-0.25, -0.2) is 8.78 Å². The number of nitrogens with one attached hydrogen (secondary N) is 1. The average molecular weight is 272 g/mol. The Morgan fingerprint density at radius 1 is 1.32 bits per heavy atom. The van der Waals surface area contributed by atoms with Gasteiger partial charge in [0, 0.05) is 20.3 Å². The number of hydrogen-bond donors (Lipinski definition) is 2. The van der Waals surface area contributed by atoms with Crippen LogP contribution in [-0.2, 0) is 4.74 Å². The van der Waals surface area contributed by atoms with Crippen molar-refractivity contribution in [1.29, 1.82) is 0 Å². The van der Waals surface area contributed by atoms with Gasteiger partial charge in [-0.05, 0) is 31.4 Å². The van der Waals surface area contributed by atoms with Crippen molar-refractivity contribution >= 4 is 11.6 Å². The third-order valence-corrected chi connectivity index (χ3v) is 2.62. The molecule has 19 heavy (non-hydrogen) atoms. The maximum atomic E-state index is 13.5. The molecule has 0 aromatic heterocycles. The van der Waals surface area contributed by atoms with Crippen LogP contribution in [0.4, 0.5) is 14.5 Å². The fourth-order valence-corrected chi connectivity index (χ4v) is 1.62. The molecular weight excluding hydrogens is 254 g/mol. The summed E-state index contributed by atoms with van der Waals surface area (Å²) in [5, 5.41) is 2.53. The number of nitrogens with two attached hydrogens (primary N) is 1. The van der Waals surface area contributed by atoms with Crippen molar-refractivity contribution in [3.63, 3.8) is 0 Å². The molecular formula is C13H18F2N2O2. The van der Waals surface area contributed by atoms with E-state index in [0.717, 1.165) is 31.4 Å². The van der Waals surface area contributed by atoms with Gasteiger partial charge in [-0.15, -0.1) is 0 Å². The van der Waals surface area contributed by atoms with E-state index in [0.29, 0.717) is 13.2 Å². The lowest BCUT2D eigenvalue weighted by Gasteiger charge is -2.07. The Morgan fingerprint density at radius 3 is 2.74 bits per heavy atom. The highest BCUT2D eigenvalue weighted by Gasteiger charge is 2.15. The van der Waals surface area contributed by atoms with Crippen LogP contribution in [0.1, 0.15) is 29.6 Å². The van der Waals surface area contributed by atoms with Crippen LogP contribution >= 0.6 is 0 Å². The van der Waals surface area contributed by atoms with Crippen molar-refractivity contribution in [2.24, 2.45) is 0 Å². The second kappa shape index (κ2) is 7.68. The van der Waals surface area contributed by atoms with Gasteiger partial charge in [0.2, 0.25) is 0 Å². The molecule has 0 aliphatic rings. The number of anilines is 1. The first-order valence-electron chi connectivity index (χ1n) is 6.08. The van der Waals surface area contributed by atoms with Gasteiger partial charge < -0.3 is 15.8 Å². The van der Waals surface area contributed by atoms with E-state index in [2.05, 4.69) is 5.32 Å². The highest BCUT2D eigenvalue weighted by Crippen LogP contribution is 2.17. The number of benzene rings is 1. The molecule has 0 heterocycles. The topological polar surface area (TPSA) is 64.3 Å². The van der Waals surface area contributed by atoms with Crippen molar-refractivity contribution in [2.75, 3.05) is 26.0 Å². The fraction of sp³-hybridized carbons (Fsp3) is 0.462. The number of methoxy groups -OCH3 is 1. The van der Waals surface area contributed by atoms with E-state index in [1.54, 1.807) is 7.11 Å². The predicted molar refractivity (Wildman–Crippen MR) is 68.8 cm³/mol. The summed E-state index contributed by atoms with van der Waals surface area (Å²) in [4.78, 5) is 11.7. The number of halogens is 2. The minimum absolute atomic E-state index is 0.366. The molecule has 4 nitrogen and oxygen atoms in total. The van der Waals surface area contributed by atoms with Gasteiger partial charge in [0.25, 0.3) is 5.91 Å². The molecule has 0 unspecified atom stereocenters. The zero-order valence-electron chi connectivity index (χ0n) is 10.8. The molecule has 106 valence electrons. The molecule has 1 amide bonds. The Hall–Kier alpha value is -1.69. The van der Waals surface area contributed by atoms with Crippen molar-refractivity contribution in [1.82, 2.24) is 5.32 Å². The van der Waals surface area contributed by atoms with E-state index in [1.165, 1.54) is 0 Å². The Kier molecular flexibility index (Phi) is 6.21. The minimum Gasteiger partial charge on any atom is -0.396 e. The normalized spacial score (nSPS) is 10.5. The van der Waals surface area contributed by atoms with E-state index in [-0.39, 0.29) is 11.3 Å². The quantitative estimate of drug-likeness (QED) is 0.590. The summed E-state index contributed by atoms with van der Waals surface area (Å²) in [6, 6.07) is 1.68. The third-order valence-electron chi connectivity index (χ3n) is 2.62. The molecule has 0 aliphatic carbocycles. The van der Waals surface area contributed by atoms with Crippen molar-refractivity contribution in [3.05, 3.63) is 29.3 Å². The molecule has 0 spiro atoms. The first-order chi connectivity index (χ1) is 9.06. The van der Waals surface area contributed by atoms with E-state index < -0.39 is 17.5 Å². The first-order valence-corrected chi connectivity index (χ1v) is 6.08. The predicted octanol–water partition coefficient (Wildman–Crippen LogP) is 2.09. The van der Waals surface area contributed by atoms with Gasteiger partial charge in [-0.3, -0.25) is 4.79 Å². The zero-order chi connectivity index (χ0) is 14.3. The Morgan fingerprint density at radius 2 is 2.05 bits per heavy atom. The van der Waals surface area contributed by atoms with Gasteiger partial charge >= 0.3 is 0 Å². The van der Waals surface area contributed by atoms with Crippen molar-refractivity contribution < 1.29 is 18.3 Å². The third kappa shape index (κ3) is 4.82. The Labute approximate surface area is 110 Å². The van der Waals surface area contributed by atoms with E-state index in [9.17, 15) is 13.6 Å². The molecule has 3 N–H and O–H groups in total. The van der Waals surface area contributed by atoms with Gasteiger partial charge in [0.15, 0.2) is 5.82 Å². The molecule has 1 aromatic carbocycles. The summed E-state index contributed by atoms with van der Waals surface area (Å²) in [7, 11) is 1.62. The Balaban J connectivity index is 2.46. The molecule has 0 saturated carbocycles. The van der Waals surface area contributed by atoms with Gasteiger partial charge in [0.05, 0.1) is 11.3 Å². The van der Waals surface area contributed by atoms with Gasteiger partial charge in [-0.1, -0.05) is 0 Å². The van der Waals surface area contributed by atoms with E-state index >= 15 is 0 Å². The highest BCUT2D eigenvalue weighted by molar-refractivity contribution is 5.95. The zero-order valence-corrected chi connectivity index (χ0v) is 10.8. The molecule has 1 rings (SSSR count). The van der Waals surface area contributed by atoms with Crippen molar-refractivity contribution in [2.45, 2.75) is 19.3 Å². The van der Waals surface area contributed by atoms with Crippen LogP contribution in [0.15, 0.2) is 12.1 Å². The fourth-order valence-electron chi connectivity index (χ4n) is 1.62. The van der Waals surface area contributed by atoms with E-state index in [4.69, 9.17) is 10.5 Å². The van der Waals surface area contributed by atoms with E-state index in [1.807, 2.05) is 0 Å². The lowest BCUT2D eigenvalue weighted by molar-refractivity contribution is 0.0948. The molecule has 0 atom stereocenters. The van der Waals surface area contributed by atoms with Gasteiger partial charge in [-0.2, -0.15) is 0 Å². The van der Waals surface area contributed by atoms with Crippen LogP contribution in [0.3, 0.4) is 0 Å². The lowest BCUT2D eigenvalue weighted by atomic mass is 10.1. The summed E-state index contributed by atoms with van der Waals surface area (Å²) in [6.07, 6.45) is 2.54. The summed E-state index contributed by atoms with van der Waals surface area (Å²) in [6.45, 7) is 1.07. The summed E-state index contributed by atoms with van der Waals surface area (Å²) in [5.74, 6) is -2.28. The minimum atomic E-state index is -0.890. The molecule has 0 aliphatic heterocycles. The largest absolute Gasteiger partial charge is 0.396 e. The standard InChI is InChI=1S/C13H18F2N2O2/c1-19-6-4-2-3-5-17-13(18)10-7-9(14)8-11(16)12(10)15/h7-8H,2-6,16H2,1H3,(H,17,18). The average Bonchev–Trinajstić information content (AvgIpc) is 2.37. The number of rotatable bonds is 7. The molecule has 0 radical (unpaired) electrons. The molecule has 6 heteroatoms. The van der Waals surface area contributed by atoms with Gasteiger partial charge in [0.1, 0.15) is 5.82 Å². The summed E-state index contributed by atoms with van der Waals surface area (Å²) in [5.41, 5.74) is 4.52. The lowest BCUT2D eigenvalue weighted by Crippen LogP contribution is -2.26. The summed E-state index contributed by atoms with van der Waals surface area (Å²) >= 11 is 0. The van der Waals surface area contributed by atoms with Crippen LogP contribution in [0, 0.1) is 11.6 Å². The first kappa shape index (κ1) is 15.4. The molecule has 1 aromatic rings. The van der Waals surface area contributed by atoms with Crippen LogP contribution in [-0.4, -0.2) is 26.2 Å². The maximum absolute atomic E-state index is 13.5. The number of carbonyl (C=O) groups excluding carboxylic acids is 1.